The molecule has 0 saturated carbocycles. The molecule has 0 radical (unpaired) electrons. The smallest absolute Gasteiger partial charge is 0.319 e. The van der Waals surface area contributed by atoms with Crippen LogP contribution >= 0.6 is 0 Å². The number of hydrogen-bond acceptors (Lipinski definition) is 4. The molecule has 8 heteroatoms. The first-order chi connectivity index (χ1) is 9.38. The van der Waals surface area contributed by atoms with Gasteiger partial charge in [0.25, 0.3) is 0 Å². The predicted molar refractivity (Wildman–Crippen MR) is 74.2 cm³/mol. The molecule has 8 nitrogen and oxygen atoms in total. The maximum Gasteiger partial charge on any atom is 0.319 e. The summed E-state index contributed by atoms with van der Waals surface area (Å²) in [6.45, 7) is 1.22. The van der Waals surface area contributed by atoms with Crippen LogP contribution < -0.4 is 0 Å². The van der Waals surface area contributed by atoms with E-state index in [4.69, 9.17) is 10.8 Å². The largest absolute Gasteiger partial charge is 0.343 e. The molecule has 2 unspecified atom stereocenters. The van der Waals surface area contributed by atoms with Gasteiger partial charge in [-0.1, -0.05) is 0 Å². The molecule has 0 aromatic carbocycles. The third kappa shape index (κ3) is 2.10. The number of carbonyl (C=O) groups excluding carboxylic acids is 2. The molecule has 110 valence electrons. The lowest BCUT2D eigenvalue weighted by Gasteiger charge is -2.49. The van der Waals surface area contributed by atoms with Gasteiger partial charge in [-0.3, -0.25) is 10.2 Å². The molecule has 2 saturated heterocycles. The minimum Gasteiger partial charge on any atom is -0.343 e. The zero-order chi connectivity index (χ0) is 15.0. The lowest BCUT2D eigenvalue weighted by atomic mass is 10.0. The summed E-state index contributed by atoms with van der Waals surface area (Å²) in [6, 6.07) is -1.24. The second kappa shape index (κ2) is 5.10. The molecule has 2 N–H and O–H groups in total. The first kappa shape index (κ1) is 14.3. The van der Waals surface area contributed by atoms with Gasteiger partial charge < -0.3 is 25.0 Å². The van der Waals surface area contributed by atoms with E-state index in [1.165, 1.54) is 9.80 Å². The first-order valence-electron chi connectivity index (χ1n) is 6.47. The molecule has 2 rings (SSSR count). The van der Waals surface area contributed by atoms with Crippen molar-refractivity contribution in [2.45, 2.75) is 12.1 Å². The van der Waals surface area contributed by atoms with Crippen LogP contribution in [0.3, 0.4) is 0 Å². The summed E-state index contributed by atoms with van der Waals surface area (Å²) in [6.07, 6.45) is 1.10. The van der Waals surface area contributed by atoms with Gasteiger partial charge in [-0.25, -0.2) is 4.79 Å². The van der Waals surface area contributed by atoms with Gasteiger partial charge in [-0.15, -0.1) is 0 Å². The van der Waals surface area contributed by atoms with Gasteiger partial charge in [0.05, 0.1) is 6.54 Å². The number of likely N-dealkylation sites (N-methyl/N-ethyl adjacent to an activating group) is 1. The van der Waals surface area contributed by atoms with Crippen LogP contribution in [0, 0.1) is 10.8 Å². The topological polar surface area (TPSA) is 94.8 Å². The van der Waals surface area contributed by atoms with Crippen LogP contribution in [0.1, 0.15) is 0 Å². The fourth-order valence-electron chi connectivity index (χ4n) is 2.66. The minimum atomic E-state index is -0.602. The number of amides is 3. The van der Waals surface area contributed by atoms with Gasteiger partial charge >= 0.3 is 6.03 Å². The van der Waals surface area contributed by atoms with Gasteiger partial charge in [-0.2, -0.15) is 0 Å². The van der Waals surface area contributed by atoms with E-state index in [0.29, 0.717) is 13.1 Å². The zero-order valence-corrected chi connectivity index (χ0v) is 12.0. The number of piperazine rings is 2. The maximum absolute atomic E-state index is 12.3. The Balaban J connectivity index is 2.20. The van der Waals surface area contributed by atoms with Crippen molar-refractivity contribution in [2.24, 2.45) is 0 Å². The molecule has 3 amide bonds. The average Bonchev–Trinajstić information content (AvgIpc) is 2.44. The Labute approximate surface area is 117 Å². The van der Waals surface area contributed by atoms with Crippen molar-refractivity contribution in [2.75, 3.05) is 40.8 Å². The SMILES string of the molecule is CN(C)C(=O)N1CCN2C(=N)C(C=N)N(C)C(=O)C2C1. The zero-order valence-electron chi connectivity index (χ0n) is 12.0. The van der Waals surface area contributed by atoms with Gasteiger partial charge in [-0.05, 0) is 0 Å². The molecule has 0 aromatic rings. The first-order valence-corrected chi connectivity index (χ1v) is 6.47. The predicted octanol–water partition coefficient (Wildman–Crippen LogP) is -0.878. The van der Waals surface area contributed by atoms with E-state index < -0.39 is 12.1 Å². The Morgan fingerprint density at radius 2 is 2.05 bits per heavy atom. The summed E-state index contributed by atoms with van der Waals surface area (Å²) in [4.78, 5) is 30.5. The Bertz CT molecular complexity index is 463. The Hall–Kier alpha value is -2.12. The molecule has 0 spiro atoms. The normalized spacial score (nSPS) is 26.4. The quantitative estimate of drug-likeness (QED) is 0.611. The second-order valence-corrected chi connectivity index (χ2v) is 5.28. The van der Waals surface area contributed by atoms with Crippen LogP contribution in [-0.4, -0.2) is 96.4 Å². The van der Waals surface area contributed by atoms with Crippen LogP contribution in [0.2, 0.25) is 0 Å². The Morgan fingerprint density at radius 1 is 1.40 bits per heavy atom. The molecule has 0 aliphatic carbocycles. The number of amidine groups is 1. The molecule has 2 aliphatic rings. The summed E-state index contributed by atoms with van der Waals surface area (Å²) in [5.41, 5.74) is 0. The number of rotatable bonds is 1. The highest BCUT2D eigenvalue weighted by Crippen LogP contribution is 2.21. The number of nitrogens with zero attached hydrogens (tertiary/aromatic N) is 4. The average molecular weight is 280 g/mol. The minimum absolute atomic E-state index is 0.124. The second-order valence-electron chi connectivity index (χ2n) is 5.28. The highest BCUT2D eigenvalue weighted by atomic mass is 16.2. The van der Waals surface area contributed by atoms with E-state index in [9.17, 15) is 9.59 Å². The summed E-state index contributed by atoms with van der Waals surface area (Å²) >= 11 is 0. The monoisotopic (exact) mass is 280 g/mol. The molecular weight excluding hydrogens is 260 g/mol. The lowest BCUT2D eigenvalue weighted by Crippen LogP contribution is -2.70. The van der Waals surface area contributed by atoms with E-state index >= 15 is 0 Å². The van der Waals surface area contributed by atoms with Crippen LogP contribution in [-0.2, 0) is 4.79 Å². The van der Waals surface area contributed by atoms with Crippen molar-refractivity contribution in [1.82, 2.24) is 19.6 Å². The lowest BCUT2D eigenvalue weighted by molar-refractivity contribution is -0.138. The van der Waals surface area contributed by atoms with Crippen LogP contribution in [0.15, 0.2) is 0 Å². The highest BCUT2D eigenvalue weighted by molar-refractivity contribution is 6.07. The Morgan fingerprint density at radius 3 is 2.60 bits per heavy atom. The van der Waals surface area contributed by atoms with Gasteiger partial charge in [0.15, 0.2) is 0 Å². The molecule has 2 atom stereocenters. The van der Waals surface area contributed by atoms with Crippen molar-refractivity contribution in [3.63, 3.8) is 0 Å². The summed E-state index contributed by atoms with van der Waals surface area (Å²) in [5, 5.41) is 15.5. The molecule has 0 bridgehead atoms. The van der Waals surface area contributed by atoms with Gasteiger partial charge in [0.1, 0.15) is 17.9 Å². The molecular formula is C12H20N6O2. The fraction of sp³-hybridized carbons (Fsp3) is 0.667. The third-order valence-corrected chi connectivity index (χ3v) is 3.83. The van der Waals surface area contributed by atoms with Crippen molar-refractivity contribution in [1.29, 1.82) is 10.8 Å². The van der Waals surface area contributed by atoms with Crippen LogP contribution in [0.4, 0.5) is 4.79 Å². The number of urea groups is 1. The van der Waals surface area contributed by atoms with E-state index in [-0.39, 0.29) is 24.3 Å². The van der Waals surface area contributed by atoms with Crippen molar-refractivity contribution >= 4 is 24.0 Å². The number of nitrogens with one attached hydrogen (secondary N) is 2. The van der Waals surface area contributed by atoms with Gasteiger partial charge in [0, 0.05) is 40.4 Å². The summed E-state index contributed by atoms with van der Waals surface area (Å²) < 4.78 is 0. The standard InChI is InChI=1S/C12H20N6O2/c1-15(2)12(20)17-4-5-18-9(7-17)11(19)16(3)8(6-13)10(18)14/h6,8-9,13-14H,4-5,7H2,1-3H3. The number of fused-ring (bicyclic) bond motifs is 1. The fourth-order valence-corrected chi connectivity index (χ4v) is 2.66. The van der Waals surface area contributed by atoms with E-state index in [1.54, 1.807) is 30.9 Å². The highest BCUT2D eigenvalue weighted by Gasteiger charge is 2.44. The van der Waals surface area contributed by atoms with Crippen molar-refractivity contribution in [3.05, 3.63) is 0 Å². The molecule has 2 fully saturated rings. The molecule has 2 aliphatic heterocycles. The number of hydrogen-bond donors (Lipinski definition) is 2. The Kier molecular flexibility index (Phi) is 3.65. The van der Waals surface area contributed by atoms with Gasteiger partial charge in [0.2, 0.25) is 5.91 Å². The van der Waals surface area contributed by atoms with E-state index in [2.05, 4.69) is 0 Å². The maximum atomic E-state index is 12.3. The molecule has 20 heavy (non-hydrogen) atoms. The van der Waals surface area contributed by atoms with E-state index in [0.717, 1.165) is 6.21 Å². The van der Waals surface area contributed by atoms with Crippen molar-refractivity contribution < 1.29 is 9.59 Å². The van der Waals surface area contributed by atoms with Crippen molar-refractivity contribution in [3.8, 4) is 0 Å². The van der Waals surface area contributed by atoms with Crippen LogP contribution in [0.5, 0.6) is 0 Å². The summed E-state index contributed by atoms with van der Waals surface area (Å²) in [5.74, 6) is 0.106. The third-order valence-electron chi connectivity index (χ3n) is 3.83. The summed E-state index contributed by atoms with van der Waals surface area (Å²) in [7, 11) is 4.95. The number of carbonyl (C=O) groups is 2. The van der Waals surface area contributed by atoms with E-state index in [1.807, 2.05) is 0 Å². The van der Waals surface area contributed by atoms with Crippen LogP contribution in [0.25, 0.3) is 0 Å². The molecule has 2 heterocycles. The molecule has 0 aromatic heterocycles.